The number of benzene rings is 2. The number of aryl methyl sites for hydroxylation is 1. The van der Waals surface area contributed by atoms with Crippen LogP contribution in [0.5, 0.6) is 0 Å². The Hall–Kier alpha value is -3.14. The van der Waals surface area contributed by atoms with Crippen LogP contribution in [0.15, 0.2) is 59.5 Å². The van der Waals surface area contributed by atoms with Crippen molar-refractivity contribution in [2.75, 3.05) is 26.0 Å². The Balaban J connectivity index is 1.70. The van der Waals surface area contributed by atoms with Gasteiger partial charge in [0.15, 0.2) is 6.61 Å². The molecule has 0 saturated heterocycles. The van der Waals surface area contributed by atoms with Crippen molar-refractivity contribution < 1.29 is 22.7 Å². The Bertz CT molecular complexity index is 1300. The molecule has 3 rings (SSSR count). The minimum atomic E-state index is -3.79. The number of rotatable bonds is 7. The van der Waals surface area contributed by atoms with E-state index in [1.54, 1.807) is 13.0 Å². The molecule has 1 aromatic heterocycles. The number of esters is 1. The van der Waals surface area contributed by atoms with E-state index in [0.29, 0.717) is 11.3 Å². The first-order valence-electron chi connectivity index (χ1n) is 9.95. The van der Waals surface area contributed by atoms with Crippen molar-refractivity contribution in [2.45, 2.75) is 18.7 Å². The third-order valence-electron chi connectivity index (χ3n) is 4.97. The lowest BCUT2D eigenvalue weighted by Crippen LogP contribution is -2.23. The highest BCUT2D eigenvalue weighted by atomic mass is 35.5. The van der Waals surface area contributed by atoms with Gasteiger partial charge >= 0.3 is 5.97 Å². The normalized spacial score (nSPS) is 11.5. The molecule has 1 N–H and O–H groups in total. The van der Waals surface area contributed by atoms with Crippen LogP contribution in [0.3, 0.4) is 0 Å². The zero-order valence-corrected chi connectivity index (χ0v) is 20.2. The van der Waals surface area contributed by atoms with E-state index >= 15 is 0 Å². The van der Waals surface area contributed by atoms with Gasteiger partial charge in [-0.3, -0.25) is 4.79 Å². The molecule has 0 aliphatic rings. The second-order valence-corrected chi connectivity index (χ2v) is 10.0. The Morgan fingerprint density at radius 1 is 1.06 bits per heavy atom. The molecule has 1 heterocycles. The van der Waals surface area contributed by atoms with Crippen LogP contribution in [0.25, 0.3) is 5.69 Å². The smallest absolute Gasteiger partial charge is 0.340 e. The number of sulfonamides is 1. The fourth-order valence-corrected chi connectivity index (χ4v) is 4.72. The highest BCUT2D eigenvalue weighted by molar-refractivity contribution is 7.89. The summed E-state index contributed by atoms with van der Waals surface area (Å²) in [6, 6.07) is 15.4. The summed E-state index contributed by atoms with van der Waals surface area (Å²) < 4.78 is 32.9. The van der Waals surface area contributed by atoms with E-state index in [4.69, 9.17) is 16.3 Å². The molecule has 0 radical (unpaired) electrons. The van der Waals surface area contributed by atoms with Gasteiger partial charge in [-0.15, -0.1) is 0 Å². The summed E-state index contributed by atoms with van der Waals surface area (Å²) in [7, 11) is -1.03. The zero-order chi connectivity index (χ0) is 24.3. The van der Waals surface area contributed by atoms with Gasteiger partial charge in [-0.05, 0) is 50.2 Å². The van der Waals surface area contributed by atoms with Crippen molar-refractivity contribution in [3.8, 4) is 5.69 Å². The van der Waals surface area contributed by atoms with Crippen LogP contribution >= 0.6 is 11.6 Å². The summed E-state index contributed by atoms with van der Waals surface area (Å²) in [5.74, 6) is -1.25. The minimum absolute atomic E-state index is 0.0295. The average molecular weight is 490 g/mol. The summed E-state index contributed by atoms with van der Waals surface area (Å²) >= 11 is 6.02. The molecule has 1 amide bonds. The van der Waals surface area contributed by atoms with Gasteiger partial charge in [-0.2, -0.15) is 0 Å². The number of ether oxygens (including phenoxy) is 1. The molecule has 0 unspecified atom stereocenters. The Labute approximate surface area is 197 Å². The lowest BCUT2D eigenvalue weighted by atomic mass is 10.2. The van der Waals surface area contributed by atoms with E-state index in [1.807, 2.05) is 41.8 Å². The number of carbonyl (C=O) groups is 2. The quantitative estimate of drug-likeness (QED) is 0.509. The molecule has 0 aliphatic carbocycles. The molecule has 0 atom stereocenters. The Kier molecular flexibility index (Phi) is 7.26. The summed E-state index contributed by atoms with van der Waals surface area (Å²) in [5.41, 5.74) is 3.03. The van der Waals surface area contributed by atoms with Gasteiger partial charge in [-0.1, -0.05) is 29.8 Å². The molecule has 0 aliphatic heterocycles. The molecule has 10 heteroatoms. The van der Waals surface area contributed by atoms with Gasteiger partial charge in [0.1, 0.15) is 4.90 Å². The van der Waals surface area contributed by atoms with Crippen LogP contribution in [0.4, 0.5) is 5.69 Å². The molecule has 0 fully saturated rings. The SMILES string of the molecule is Cc1cc(C(=O)OCC(=O)Nc2ccc(Cl)c(S(=O)(=O)N(C)C)c2)c(C)n1-c1ccccc1. The van der Waals surface area contributed by atoms with Gasteiger partial charge in [0.25, 0.3) is 5.91 Å². The van der Waals surface area contributed by atoms with Crippen molar-refractivity contribution in [2.24, 2.45) is 0 Å². The summed E-state index contributed by atoms with van der Waals surface area (Å²) in [6.45, 7) is 3.15. The number of carbonyl (C=O) groups excluding carboxylic acids is 2. The number of aromatic nitrogens is 1. The molecular formula is C23H24ClN3O5S. The number of amides is 1. The second-order valence-electron chi connectivity index (χ2n) is 7.51. The highest BCUT2D eigenvalue weighted by Gasteiger charge is 2.22. The minimum Gasteiger partial charge on any atom is -0.452 e. The number of hydrogen-bond acceptors (Lipinski definition) is 5. The van der Waals surface area contributed by atoms with Crippen molar-refractivity contribution >= 4 is 39.2 Å². The number of anilines is 1. The predicted molar refractivity (Wildman–Crippen MR) is 126 cm³/mol. The molecule has 0 bridgehead atoms. The fourth-order valence-electron chi connectivity index (χ4n) is 3.33. The molecule has 0 spiro atoms. The Morgan fingerprint density at radius 3 is 2.36 bits per heavy atom. The predicted octanol–water partition coefficient (Wildman–Crippen LogP) is 3.79. The van der Waals surface area contributed by atoms with Crippen molar-refractivity contribution in [1.82, 2.24) is 8.87 Å². The first kappa shape index (κ1) is 24.5. The number of halogens is 1. The third kappa shape index (κ3) is 5.27. The molecule has 3 aromatic rings. The molecule has 8 nitrogen and oxygen atoms in total. The maximum absolute atomic E-state index is 12.6. The highest BCUT2D eigenvalue weighted by Crippen LogP contribution is 2.27. The summed E-state index contributed by atoms with van der Waals surface area (Å²) in [6.07, 6.45) is 0. The average Bonchev–Trinajstić information content (AvgIpc) is 3.07. The molecule has 0 saturated carbocycles. The van der Waals surface area contributed by atoms with Gasteiger partial charge < -0.3 is 14.6 Å². The number of nitrogens with zero attached hydrogens (tertiary/aromatic N) is 2. The number of nitrogens with one attached hydrogen (secondary N) is 1. The van der Waals surface area contributed by atoms with Gasteiger partial charge in [0.05, 0.1) is 10.6 Å². The number of para-hydroxylation sites is 1. The van der Waals surface area contributed by atoms with E-state index in [0.717, 1.165) is 15.7 Å². The summed E-state index contributed by atoms with van der Waals surface area (Å²) in [5, 5.41) is 2.55. The van der Waals surface area contributed by atoms with Crippen molar-refractivity contribution in [3.05, 3.63) is 76.6 Å². The maximum Gasteiger partial charge on any atom is 0.340 e. The lowest BCUT2D eigenvalue weighted by Gasteiger charge is -2.14. The standard InChI is InChI=1S/C23H24ClN3O5S/c1-15-12-19(16(2)27(15)18-8-6-5-7-9-18)23(29)32-14-22(28)25-17-10-11-20(24)21(13-17)33(30,31)26(3)4/h5-13H,14H2,1-4H3,(H,25,28). The van der Waals surface area contributed by atoms with Crippen LogP contribution < -0.4 is 5.32 Å². The van der Waals surface area contributed by atoms with Gasteiger partial charge in [0, 0.05) is 36.9 Å². The summed E-state index contributed by atoms with van der Waals surface area (Å²) in [4.78, 5) is 24.8. The van der Waals surface area contributed by atoms with Gasteiger partial charge in [-0.25, -0.2) is 17.5 Å². The maximum atomic E-state index is 12.6. The first-order chi connectivity index (χ1) is 15.5. The molecule has 33 heavy (non-hydrogen) atoms. The number of hydrogen-bond donors (Lipinski definition) is 1. The molecule has 2 aromatic carbocycles. The van der Waals surface area contributed by atoms with Crippen molar-refractivity contribution in [1.29, 1.82) is 0 Å². The van der Waals surface area contributed by atoms with Crippen LogP contribution in [0, 0.1) is 13.8 Å². The van der Waals surface area contributed by atoms with Crippen LogP contribution in [0.1, 0.15) is 21.7 Å². The topological polar surface area (TPSA) is 97.7 Å². The zero-order valence-electron chi connectivity index (χ0n) is 18.6. The monoisotopic (exact) mass is 489 g/mol. The fraction of sp³-hybridized carbons (Fsp3) is 0.217. The Morgan fingerprint density at radius 2 is 1.73 bits per heavy atom. The van der Waals surface area contributed by atoms with Crippen LogP contribution in [0.2, 0.25) is 5.02 Å². The van der Waals surface area contributed by atoms with Crippen molar-refractivity contribution in [3.63, 3.8) is 0 Å². The van der Waals surface area contributed by atoms with E-state index in [1.165, 1.54) is 32.3 Å². The van der Waals surface area contributed by atoms with E-state index in [2.05, 4.69) is 5.32 Å². The lowest BCUT2D eigenvalue weighted by molar-refractivity contribution is -0.119. The molecular weight excluding hydrogens is 466 g/mol. The van der Waals surface area contributed by atoms with E-state index < -0.39 is 28.5 Å². The first-order valence-corrected chi connectivity index (χ1v) is 11.8. The van der Waals surface area contributed by atoms with E-state index in [-0.39, 0.29) is 15.6 Å². The third-order valence-corrected chi connectivity index (χ3v) is 7.27. The molecule has 174 valence electrons. The van der Waals surface area contributed by atoms with Gasteiger partial charge in [0.2, 0.25) is 10.0 Å². The van der Waals surface area contributed by atoms with E-state index in [9.17, 15) is 18.0 Å². The largest absolute Gasteiger partial charge is 0.452 e. The van der Waals surface area contributed by atoms with Crippen LogP contribution in [-0.2, 0) is 19.6 Å². The van der Waals surface area contributed by atoms with Crippen LogP contribution in [-0.4, -0.2) is 49.9 Å². The second kappa shape index (κ2) is 9.78.